The fourth-order valence-corrected chi connectivity index (χ4v) is 3.67. The van der Waals surface area contributed by atoms with Crippen LogP contribution in [0.25, 0.3) is 17.0 Å². The fourth-order valence-electron chi connectivity index (χ4n) is 3.32. The molecular weight excluding hydrogens is 474 g/mol. The summed E-state index contributed by atoms with van der Waals surface area (Å²) in [5, 5.41) is 0. The van der Waals surface area contributed by atoms with E-state index in [1.807, 2.05) is 19.9 Å². The molecule has 1 aliphatic rings. The molecule has 0 radical (unpaired) electrons. The maximum Gasteiger partial charge on any atom is 0.434 e. The molecule has 0 bridgehead atoms. The maximum atomic E-state index is 13.1. The Kier molecular flexibility index (Phi) is 9.69. The molecule has 6 nitrogen and oxygen atoms in total. The minimum atomic E-state index is -4.67. The number of halogens is 4. The second-order valence-corrected chi connectivity index (χ2v) is 8.62. The quantitative estimate of drug-likeness (QED) is 0.316. The van der Waals surface area contributed by atoms with Crippen molar-refractivity contribution < 1.29 is 31.3 Å². The highest BCUT2D eigenvalue weighted by Crippen LogP contribution is 2.34. The molecule has 0 N–H and O–H groups in total. The third kappa shape index (κ3) is 6.82. The van der Waals surface area contributed by atoms with Gasteiger partial charge in [-0.25, -0.2) is 8.96 Å². The van der Waals surface area contributed by atoms with E-state index in [0.717, 1.165) is 16.0 Å². The van der Waals surface area contributed by atoms with Crippen LogP contribution in [0.4, 0.5) is 17.1 Å². The molecule has 1 aliphatic carbocycles. The Morgan fingerprint density at radius 1 is 1.26 bits per heavy atom. The van der Waals surface area contributed by atoms with Crippen molar-refractivity contribution >= 4 is 23.9 Å². The lowest BCUT2D eigenvalue weighted by Crippen LogP contribution is -2.33. The molecular formula is C23H29F4N3O3S. The second-order valence-electron chi connectivity index (χ2n) is 8.09. The van der Waals surface area contributed by atoms with E-state index < -0.39 is 17.3 Å². The summed E-state index contributed by atoms with van der Waals surface area (Å²) in [5.41, 5.74) is 0.0493. The second kappa shape index (κ2) is 11.8. The van der Waals surface area contributed by atoms with E-state index in [-0.39, 0.29) is 42.4 Å². The van der Waals surface area contributed by atoms with E-state index in [4.69, 9.17) is 9.47 Å². The molecule has 3 rings (SSSR count). The first-order valence-corrected chi connectivity index (χ1v) is 11.5. The van der Waals surface area contributed by atoms with E-state index in [0.29, 0.717) is 24.7 Å². The number of hydrogen-bond acceptors (Lipinski definition) is 6. The SMILES string of the molecule is CC.COC(=O)C(C)(C)COC1CC=C(c2ccc(-c3nc(C(F)(F)F)cn3SF)cn2)CC1. The van der Waals surface area contributed by atoms with E-state index >= 15 is 0 Å². The number of esters is 1. The number of carbonyl (C=O) groups excluding carboxylic acids is 1. The van der Waals surface area contributed by atoms with Crippen molar-refractivity contribution in [2.45, 2.75) is 59.2 Å². The molecule has 11 heteroatoms. The molecule has 188 valence electrons. The van der Waals surface area contributed by atoms with Gasteiger partial charge >= 0.3 is 12.1 Å². The first-order valence-electron chi connectivity index (χ1n) is 10.9. The maximum absolute atomic E-state index is 13.1. The minimum Gasteiger partial charge on any atom is -0.469 e. The van der Waals surface area contributed by atoms with Crippen LogP contribution in [-0.2, 0) is 20.4 Å². The highest BCUT2D eigenvalue weighted by Gasteiger charge is 2.35. The van der Waals surface area contributed by atoms with Gasteiger partial charge in [0.2, 0.25) is 0 Å². The summed E-state index contributed by atoms with van der Waals surface area (Å²) in [6.45, 7) is 7.77. The largest absolute Gasteiger partial charge is 0.469 e. The zero-order valence-corrected chi connectivity index (χ0v) is 20.6. The first kappa shape index (κ1) is 27.8. The molecule has 0 amide bonds. The molecule has 0 saturated heterocycles. The van der Waals surface area contributed by atoms with Gasteiger partial charge < -0.3 is 9.47 Å². The predicted molar refractivity (Wildman–Crippen MR) is 123 cm³/mol. The van der Waals surface area contributed by atoms with Crippen LogP contribution in [-0.4, -0.2) is 39.7 Å². The van der Waals surface area contributed by atoms with E-state index in [1.165, 1.54) is 13.3 Å². The van der Waals surface area contributed by atoms with Crippen LogP contribution in [0, 0.1) is 5.41 Å². The van der Waals surface area contributed by atoms with Crippen LogP contribution in [0.5, 0.6) is 0 Å². The average molecular weight is 504 g/mol. The minimum absolute atomic E-state index is 0.0307. The van der Waals surface area contributed by atoms with Crippen molar-refractivity contribution in [3.05, 3.63) is 42.0 Å². The van der Waals surface area contributed by atoms with Crippen molar-refractivity contribution in [3.63, 3.8) is 0 Å². The summed E-state index contributed by atoms with van der Waals surface area (Å²) < 4.78 is 63.1. The first-order chi connectivity index (χ1) is 16.0. The zero-order valence-electron chi connectivity index (χ0n) is 19.8. The number of alkyl halides is 3. The normalized spacial score (nSPS) is 16.4. The third-order valence-electron chi connectivity index (χ3n) is 5.17. The van der Waals surface area contributed by atoms with Crippen LogP contribution in [0.1, 0.15) is 58.3 Å². The van der Waals surface area contributed by atoms with Gasteiger partial charge in [0.25, 0.3) is 0 Å². The molecule has 1 unspecified atom stereocenters. The van der Waals surface area contributed by atoms with Gasteiger partial charge in [0.05, 0.1) is 37.1 Å². The number of methoxy groups -OCH3 is 1. The van der Waals surface area contributed by atoms with Crippen LogP contribution in [0.15, 0.2) is 30.6 Å². The van der Waals surface area contributed by atoms with Crippen LogP contribution in [0.3, 0.4) is 0 Å². The van der Waals surface area contributed by atoms with Crippen molar-refractivity contribution in [1.82, 2.24) is 13.9 Å². The van der Waals surface area contributed by atoms with E-state index in [9.17, 15) is 21.9 Å². The van der Waals surface area contributed by atoms with Crippen molar-refractivity contribution in [1.29, 1.82) is 0 Å². The van der Waals surface area contributed by atoms with Gasteiger partial charge in [-0.15, -0.1) is 3.89 Å². The van der Waals surface area contributed by atoms with Crippen molar-refractivity contribution in [2.24, 2.45) is 5.41 Å². The number of rotatable bonds is 7. The highest BCUT2D eigenvalue weighted by atomic mass is 32.2. The fraction of sp³-hybridized carbons (Fsp3) is 0.522. The molecule has 2 heterocycles. The molecule has 0 fully saturated rings. The van der Waals surface area contributed by atoms with Gasteiger partial charge in [0.1, 0.15) is 0 Å². The van der Waals surface area contributed by atoms with E-state index in [1.54, 1.807) is 26.0 Å². The van der Waals surface area contributed by atoms with Gasteiger partial charge in [-0.2, -0.15) is 13.2 Å². The zero-order chi connectivity index (χ0) is 25.5. The Morgan fingerprint density at radius 2 is 1.97 bits per heavy atom. The number of ether oxygens (including phenoxy) is 2. The summed E-state index contributed by atoms with van der Waals surface area (Å²) in [6, 6.07) is 3.25. The van der Waals surface area contributed by atoms with Crippen LogP contribution in [0.2, 0.25) is 0 Å². The standard InChI is InChI=1S/C21H23F4N3O3S.C2H6/c1-20(2,19(29)30-3)12-31-15-7-4-13(5-8-15)16-9-6-14(10-26-16)18-27-17(21(22,23)24)11-28(18)32-25;1-2/h4,6,9-11,15H,5,7-8,12H2,1-3H3;1-2H3. The number of nitrogens with zero attached hydrogens (tertiary/aromatic N) is 3. The lowest BCUT2D eigenvalue weighted by molar-refractivity contribution is -0.155. The number of carbonyl (C=O) groups is 1. The van der Waals surface area contributed by atoms with Gasteiger partial charge in [-0.1, -0.05) is 19.9 Å². The topological polar surface area (TPSA) is 66.2 Å². The number of allylic oxidation sites excluding steroid dienone is 1. The Hall–Kier alpha value is -2.40. The van der Waals surface area contributed by atoms with E-state index in [2.05, 4.69) is 9.97 Å². The summed E-state index contributed by atoms with van der Waals surface area (Å²) in [6.07, 6.45) is 1.38. The summed E-state index contributed by atoms with van der Waals surface area (Å²) >= 11 is -0.359. The van der Waals surface area contributed by atoms with Crippen molar-refractivity contribution in [3.8, 4) is 11.4 Å². The monoisotopic (exact) mass is 503 g/mol. The Balaban J connectivity index is 0.00000199. The van der Waals surface area contributed by atoms with Gasteiger partial charge in [-0.05, 0) is 50.8 Å². The molecule has 2 aromatic heterocycles. The lowest BCUT2D eigenvalue weighted by Gasteiger charge is -2.27. The average Bonchev–Trinajstić information content (AvgIpc) is 3.29. The molecule has 2 aromatic rings. The number of imidazole rings is 1. The lowest BCUT2D eigenvalue weighted by atomic mass is 9.93. The predicted octanol–water partition coefficient (Wildman–Crippen LogP) is 6.52. The van der Waals surface area contributed by atoms with Gasteiger partial charge in [0, 0.05) is 11.8 Å². The van der Waals surface area contributed by atoms with Crippen LogP contribution >= 0.6 is 12.3 Å². The summed E-state index contributed by atoms with van der Waals surface area (Å²) in [4.78, 5) is 19.6. The van der Waals surface area contributed by atoms with Gasteiger partial charge in [0.15, 0.2) is 23.9 Å². The number of pyridine rings is 1. The van der Waals surface area contributed by atoms with Gasteiger partial charge in [-0.3, -0.25) is 9.78 Å². The number of aromatic nitrogens is 3. The molecule has 0 saturated carbocycles. The summed E-state index contributed by atoms with van der Waals surface area (Å²) in [7, 11) is 1.34. The smallest absolute Gasteiger partial charge is 0.434 e. The molecule has 34 heavy (non-hydrogen) atoms. The Bertz CT molecular complexity index is 988. The number of hydrogen-bond donors (Lipinski definition) is 0. The Morgan fingerprint density at radius 3 is 2.47 bits per heavy atom. The third-order valence-corrected chi connectivity index (χ3v) is 5.60. The Labute approximate surface area is 201 Å². The molecule has 0 aliphatic heterocycles. The van der Waals surface area contributed by atoms with Crippen LogP contribution < -0.4 is 0 Å². The molecule has 0 aromatic carbocycles. The molecule has 1 atom stereocenters. The highest BCUT2D eigenvalue weighted by molar-refractivity contribution is 7.92. The van der Waals surface area contributed by atoms with Crippen molar-refractivity contribution in [2.75, 3.05) is 13.7 Å². The summed E-state index contributed by atoms with van der Waals surface area (Å²) in [5.74, 6) is -0.494. The molecule has 0 spiro atoms.